The molecule has 0 spiro atoms. The van der Waals surface area contributed by atoms with E-state index in [9.17, 15) is 5.11 Å². The van der Waals surface area contributed by atoms with Gasteiger partial charge in [0, 0.05) is 6.42 Å². The molecule has 0 radical (unpaired) electrons. The largest absolute Gasteiger partial charge is 0.390 e. The fraction of sp³-hybridized carbons (Fsp3) is 0.750. The predicted octanol–water partition coefficient (Wildman–Crippen LogP) is 1.31. The van der Waals surface area contributed by atoms with Crippen LogP contribution in [0.15, 0.2) is 0 Å². The molecule has 0 atom stereocenters. The highest BCUT2D eigenvalue weighted by Gasteiger charge is 2.38. The van der Waals surface area contributed by atoms with Crippen LogP contribution in [0.4, 0.5) is 0 Å². The summed E-state index contributed by atoms with van der Waals surface area (Å²) in [6.07, 6.45) is 9.70. The molecule has 0 saturated heterocycles. The molecule has 0 aliphatic heterocycles. The lowest BCUT2D eigenvalue weighted by Gasteiger charge is -2.02. The van der Waals surface area contributed by atoms with E-state index in [1.54, 1.807) is 0 Å². The van der Waals surface area contributed by atoms with Gasteiger partial charge in [-0.2, -0.15) is 0 Å². The van der Waals surface area contributed by atoms with E-state index in [0.717, 1.165) is 32.1 Å². The van der Waals surface area contributed by atoms with Crippen LogP contribution < -0.4 is 0 Å². The molecule has 1 N–H and O–H groups in total. The molecule has 50 valence electrons. The Hall–Kier alpha value is -0.480. The number of rotatable bonds is 3. The predicted molar refractivity (Wildman–Crippen MR) is 36.9 cm³/mol. The van der Waals surface area contributed by atoms with Crippen LogP contribution in [-0.2, 0) is 0 Å². The standard InChI is InChI=1S/C8H12O/c1-2-3-4-5-8(9)6-7-8/h1,9H,3-7H2. The summed E-state index contributed by atoms with van der Waals surface area (Å²) < 4.78 is 0. The van der Waals surface area contributed by atoms with E-state index in [1.165, 1.54) is 0 Å². The molecule has 1 fully saturated rings. The van der Waals surface area contributed by atoms with Gasteiger partial charge in [0.25, 0.3) is 0 Å². The van der Waals surface area contributed by atoms with E-state index >= 15 is 0 Å². The summed E-state index contributed by atoms with van der Waals surface area (Å²) >= 11 is 0. The molecular formula is C8H12O. The number of unbranched alkanes of at least 4 members (excludes halogenated alkanes) is 1. The minimum absolute atomic E-state index is 0.295. The van der Waals surface area contributed by atoms with Crippen LogP contribution in [0.5, 0.6) is 0 Å². The second kappa shape index (κ2) is 2.41. The summed E-state index contributed by atoms with van der Waals surface area (Å²) in [5.41, 5.74) is -0.295. The topological polar surface area (TPSA) is 20.2 Å². The summed E-state index contributed by atoms with van der Waals surface area (Å²) in [6, 6.07) is 0. The number of aliphatic hydroxyl groups is 1. The molecule has 1 nitrogen and oxygen atoms in total. The molecule has 0 bridgehead atoms. The quantitative estimate of drug-likeness (QED) is 0.444. The molecule has 0 unspecified atom stereocenters. The van der Waals surface area contributed by atoms with Crippen molar-refractivity contribution in [2.24, 2.45) is 0 Å². The Kier molecular flexibility index (Phi) is 1.78. The van der Waals surface area contributed by atoms with Crippen molar-refractivity contribution in [1.29, 1.82) is 0 Å². The Bertz CT molecular complexity index is 128. The molecule has 1 rings (SSSR count). The number of hydrogen-bond acceptors (Lipinski definition) is 1. The van der Waals surface area contributed by atoms with Gasteiger partial charge in [0.05, 0.1) is 5.60 Å². The zero-order valence-corrected chi connectivity index (χ0v) is 5.56. The lowest BCUT2D eigenvalue weighted by molar-refractivity contribution is 0.138. The van der Waals surface area contributed by atoms with Crippen molar-refractivity contribution in [3.8, 4) is 12.3 Å². The van der Waals surface area contributed by atoms with Crippen molar-refractivity contribution in [3.05, 3.63) is 0 Å². The molecule has 0 heterocycles. The smallest absolute Gasteiger partial charge is 0.0650 e. The first kappa shape index (κ1) is 6.64. The fourth-order valence-corrected chi connectivity index (χ4v) is 0.914. The van der Waals surface area contributed by atoms with Gasteiger partial charge in [0.2, 0.25) is 0 Å². The molecule has 0 aromatic heterocycles. The van der Waals surface area contributed by atoms with E-state index in [-0.39, 0.29) is 5.60 Å². The zero-order valence-electron chi connectivity index (χ0n) is 5.56. The first-order valence-corrected chi connectivity index (χ1v) is 3.43. The van der Waals surface area contributed by atoms with E-state index in [0.29, 0.717) is 0 Å². The fourth-order valence-electron chi connectivity index (χ4n) is 0.914. The third kappa shape index (κ3) is 2.07. The Morgan fingerprint density at radius 1 is 1.56 bits per heavy atom. The van der Waals surface area contributed by atoms with Gasteiger partial charge < -0.3 is 5.11 Å². The van der Waals surface area contributed by atoms with Gasteiger partial charge in [0.15, 0.2) is 0 Å². The summed E-state index contributed by atoms with van der Waals surface area (Å²) in [5, 5.41) is 9.29. The highest BCUT2D eigenvalue weighted by molar-refractivity contribution is 4.94. The molecule has 1 saturated carbocycles. The maximum absolute atomic E-state index is 9.29. The van der Waals surface area contributed by atoms with Crippen LogP contribution in [0.1, 0.15) is 32.1 Å². The Morgan fingerprint density at radius 3 is 2.67 bits per heavy atom. The van der Waals surface area contributed by atoms with Crippen molar-refractivity contribution in [2.45, 2.75) is 37.7 Å². The molecule has 1 aliphatic rings. The summed E-state index contributed by atoms with van der Waals surface area (Å²) in [4.78, 5) is 0. The van der Waals surface area contributed by atoms with Crippen LogP contribution >= 0.6 is 0 Å². The number of hydrogen-bond donors (Lipinski definition) is 1. The van der Waals surface area contributed by atoms with E-state index in [2.05, 4.69) is 5.92 Å². The van der Waals surface area contributed by atoms with Gasteiger partial charge in [-0.15, -0.1) is 12.3 Å². The van der Waals surface area contributed by atoms with E-state index in [1.807, 2.05) is 0 Å². The molecular weight excluding hydrogens is 112 g/mol. The van der Waals surface area contributed by atoms with Gasteiger partial charge in [0.1, 0.15) is 0 Å². The van der Waals surface area contributed by atoms with Crippen molar-refractivity contribution in [3.63, 3.8) is 0 Å². The first-order valence-electron chi connectivity index (χ1n) is 3.43. The van der Waals surface area contributed by atoms with Gasteiger partial charge in [-0.05, 0) is 25.7 Å². The molecule has 0 aromatic rings. The second-order valence-electron chi connectivity index (χ2n) is 2.78. The molecule has 1 aliphatic carbocycles. The van der Waals surface area contributed by atoms with E-state index in [4.69, 9.17) is 6.42 Å². The van der Waals surface area contributed by atoms with Crippen molar-refractivity contribution >= 4 is 0 Å². The maximum atomic E-state index is 9.29. The van der Waals surface area contributed by atoms with Crippen LogP contribution in [-0.4, -0.2) is 10.7 Å². The minimum Gasteiger partial charge on any atom is -0.390 e. The van der Waals surface area contributed by atoms with Crippen LogP contribution in [0.25, 0.3) is 0 Å². The van der Waals surface area contributed by atoms with Crippen molar-refractivity contribution in [1.82, 2.24) is 0 Å². The molecule has 0 amide bonds. The third-order valence-corrected chi connectivity index (χ3v) is 1.79. The minimum atomic E-state index is -0.295. The Balaban J connectivity index is 2.00. The number of terminal acetylenes is 1. The molecule has 1 heteroatoms. The van der Waals surface area contributed by atoms with Gasteiger partial charge in [-0.1, -0.05) is 0 Å². The normalized spacial score (nSPS) is 20.9. The van der Waals surface area contributed by atoms with E-state index < -0.39 is 0 Å². The van der Waals surface area contributed by atoms with Crippen LogP contribution in [0.3, 0.4) is 0 Å². The van der Waals surface area contributed by atoms with Gasteiger partial charge >= 0.3 is 0 Å². The van der Waals surface area contributed by atoms with Crippen molar-refractivity contribution in [2.75, 3.05) is 0 Å². The Morgan fingerprint density at radius 2 is 2.22 bits per heavy atom. The average molecular weight is 124 g/mol. The lowest BCUT2D eigenvalue weighted by Crippen LogP contribution is -2.04. The van der Waals surface area contributed by atoms with Crippen LogP contribution in [0, 0.1) is 12.3 Å². The van der Waals surface area contributed by atoms with Gasteiger partial charge in [-0.25, -0.2) is 0 Å². The average Bonchev–Trinajstić information content (AvgIpc) is 2.50. The van der Waals surface area contributed by atoms with Crippen molar-refractivity contribution < 1.29 is 5.11 Å². The van der Waals surface area contributed by atoms with Crippen LogP contribution in [0.2, 0.25) is 0 Å². The highest BCUT2D eigenvalue weighted by Crippen LogP contribution is 2.39. The summed E-state index contributed by atoms with van der Waals surface area (Å²) in [5.74, 6) is 2.56. The molecule has 9 heavy (non-hydrogen) atoms. The SMILES string of the molecule is C#CCCCC1(O)CC1. The summed E-state index contributed by atoms with van der Waals surface area (Å²) in [7, 11) is 0. The summed E-state index contributed by atoms with van der Waals surface area (Å²) in [6.45, 7) is 0. The monoisotopic (exact) mass is 124 g/mol. The first-order chi connectivity index (χ1) is 4.27. The maximum Gasteiger partial charge on any atom is 0.0650 e. The zero-order chi connectivity index (χ0) is 6.74. The second-order valence-corrected chi connectivity index (χ2v) is 2.78. The third-order valence-electron chi connectivity index (χ3n) is 1.79. The lowest BCUT2D eigenvalue weighted by atomic mass is 10.1. The highest BCUT2D eigenvalue weighted by atomic mass is 16.3. The molecule has 0 aromatic carbocycles. The Labute approximate surface area is 56.1 Å². The van der Waals surface area contributed by atoms with Gasteiger partial charge in [-0.3, -0.25) is 0 Å².